The number of ether oxygens (including phenoxy) is 1. The molecule has 0 aliphatic heterocycles. The van der Waals surface area contributed by atoms with Crippen LogP contribution in [0.15, 0.2) is 53.0 Å². The van der Waals surface area contributed by atoms with Crippen LogP contribution < -0.4 is 10.1 Å². The van der Waals surface area contributed by atoms with E-state index in [9.17, 15) is 4.79 Å². The fraction of sp³-hybridized carbons (Fsp3) is 0.350. The predicted molar refractivity (Wildman–Crippen MR) is 99.1 cm³/mol. The largest absolute Gasteiger partial charge is 0.494 e. The normalized spacial score (nSPS) is 15.4. The Labute approximate surface area is 151 Å². The molecule has 0 heterocycles. The van der Waals surface area contributed by atoms with Crippen LogP contribution in [0.25, 0.3) is 0 Å². The zero-order valence-electron chi connectivity index (χ0n) is 13.8. The van der Waals surface area contributed by atoms with Crippen LogP contribution >= 0.6 is 15.9 Å². The minimum Gasteiger partial charge on any atom is -0.494 e. The van der Waals surface area contributed by atoms with Gasteiger partial charge in [0.2, 0.25) is 5.91 Å². The number of hydrogen-bond donors (Lipinski definition) is 1. The monoisotopic (exact) mass is 387 g/mol. The van der Waals surface area contributed by atoms with Crippen LogP contribution in [0, 0.1) is 0 Å². The van der Waals surface area contributed by atoms with E-state index in [1.54, 1.807) is 0 Å². The Hall–Kier alpha value is -1.81. The summed E-state index contributed by atoms with van der Waals surface area (Å²) < 4.78 is 6.67. The van der Waals surface area contributed by atoms with Crippen LogP contribution in [-0.4, -0.2) is 12.5 Å². The number of carbonyl (C=O) groups is 1. The maximum absolute atomic E-state index is 12.9. The van der Waals surface area contributed by atoms with Gasteiger partial charge in [0.1, 0.15) is 5.75 Å². The summed E-state index contributed by atoms with van der Waals surface area (Å²) in [7, 11) is 0. The summed E-state index contributed by atoms with van der Waals surface area (Å²) in [6, 6.07) is 16.0. The number of carbonyl (C=O) groups excluding carboxylic acids is 1. The molecule has 1 fully saturated rings. The Morgan fingerprint density at radius 3 is 2.50 bits per heavy atom. The van der Waals surface area contributed by atoms with Gasteiger partial charge in [-0.25, -0.2) is 0 Å². The Morgan fingerprint density at radius 2 is 1.88 bits per heavy atom. The molecule has 0 unspecified atom stereocenters. The molecule has 2 aromatic rings. The quantitative estimate of drug-likeness (QED) is 0.787. The van der Waals surface area contributed by atoms with Crippen LogP contribution in [0.2, 0.25) is 0 Å². The molecule has 1 amide bonds. The summed E-state index contributed by atoms with van der Waals surface area (Å²) in [6.07, 6.45) is 2.92. The van der Waals surface area contributed by atoms with E-state index in [-0.39, 0.29) is 11.3 Å². The Kier molecular flexibility index (Phi) is 5.24. The number of halogens is 1. The SMILES string of the molecule is CCOc1ccccc1CNC(=O)C1(c2ccc(Br)cc2)CCC1. The lowest BCUT2D eigenvalue weighted by Crippen LogP contribution is -2.49. The van der Waals surface area contributed by atoms with E-state index in [2.05, 4.69) is 33.4 Å². The zero-order chi connectivity index (χ0) is 17.0. The van der Waals surface area contributed by atoms with E-state index >= 15 is 0 Å². The molecule has 1 saturated carbocycles. The molecule has 2 aromatic carbocycles. The number of benzene rings is 2. The first kappa shape index (κ1) is 17.0. The standard InChI is InChI=1S/C20H22BrNO2/c1-2-24-18-7-4-3-6-15(18)14-22-19(23)20(12-5-13-20)16-8-10-17(21)11-9-16/h3-4,6-11H,2,5,12-14H2,1H3,(H,22,23). The van der Waals surface area contributed by atoms with E-state index < -0.39 is 0 Å². The lowest BCUT2D eigenvalue weighted by molar-refractivity contribution is -0.130. The highest BCUT2D eigenvalue weighted by Crippen LogP contribution is 2.44. The minimum absolute atomic E-state index is 0.113. The molecule has 0 spiro atoms. The summed E-state index contributed by atoms with van der Waals surface area (Å²) in [6.45, 7) is 3.08. The van der Waals surface area contributed by atoms with Crippen LogP contribution in [0.1, 0.15) is 37.3 Å². The second-order valence-electron chi connectivity index (χ2n) is 6.17. The van der Waals surface area contributed by atoms with Gasteiger partial charge in [-0.3, -0.25) is 4.79 Å². The van der Waals surface area contributed by atoms with Gasteiger partial charge in [-0.05, 0) is 43.5 Å². The summed E-state index contributed by atoms with van der Waals surface area (Å²) in [4.78, 5) is 12.9. The first-order valence-electron chi connectivity index (χ1n) is 8.41. The third kappa shape index (κ3) is 3.34. The van der Waals surface area contributed by atoms with Gasteiger partial charge in [0.05, 0.1) is 12.0 Å². The van der Waals surface area contributed by atoms with Crippen molar-refractivity contribution in [2.45, 2.75) is 38.1 Å². The number of amides is 1. The van der Waals surface area contributed by atoms with Gasteiger partial charge < -0.3 is 10.1 Å². The third-order valence-corrected chi connectivity index (χ3v) is 5.28. The molecular weight excluding hydrogens is 366 g/mol. The van der Waals surface area contributed by atoms with Gasteiger partial charge in [-0.1, -0.05) is 52.7 Å². The van der Waals surface area contributed by atoms with Crippen LogP contribution in [0.5, 0.6) is 5.75 Å². The van der Waals surface area contributed by atoms with E-state index in [1.165, 1.54) is 0 Å². The maximum atomic E-state index is 12.9. The van der Waals surface area contributed by atoms with Crippen molar-refractivity contribution < 1.29 is 9.53 Å². The molecule has 3 nitrogen and oxygen atoms in total. The second kappa shape index (κ2) is 7.39. The predicted octanol–water partition coefficient (Wildman–Crippen LogP) is 4.59. The molecule has 0 bridgehead atoms. The molecular formula is C20H22BrNO2. The average molecular weight is 388 g/mol. The van der Waals surface area contributed by atoms with Crippen LogP contribution in [0.4, 0.5) is 0 Å². The topological polar surface area (TPSA) is 38.3 Å². The number of nitrogens with one attached hydrogen (secondary N) is 1. The van der Waals surface area contributed by atoms with E-state index in [0.29, 0.717) is 13.2 Å². The Morgan fingerprint density at radius 1 is 1.17 bits per heavy atom. The van der Waals surface area contributed by atoms with Crippen molar-refractivity contribution in [1.29, 1.82) is 0 Å². The van der Waals surface area contributed by atoms with Crippen molar-refractivity contribution in [2.24, 2.45) is 0 Å². The fourth-order valence-corrected chi connectivity index (χ4v) is 3.50. The summed E-state index contributed by atoms with van der Waals surface area (Å²) in [5.74, 6) is 0.953. The maximum Gasteiger partial charge on any atom is 0.230 e. The summed E-state index contributed by atoms with van der Waals surface area (Å²) in [5, 5.41) is 3.12. The molecule has 0 radical (unpaired) electrons. The minimum atomic E-state index is -0.374. The first-order chi connectivity index (χ1) is 11.7. The molecule has 0 aromatic heterocycles. The van der Waals surface area contributed by atoms with Gasteiger partial charge in [0, 0.05) is 16.6 Å². The molecule has 0 atom stereocenters. The number of rotatable bonds is 6. The number of hydrogen-bond acceptors (Lipinski definition) is 2. The van der Waals surface area contributed by atoms with Crippen LogP contribution in [0.3, 0.4) is 0 Å². The van der Waals surface area contributed by atoms with Crippen LogP contribution in [-0.2, 0) is 16.8 Å². The smallest absolute Gasteiger partial charge is 0.230 e. The van der Waals surface area contributed by atoms with E-state index in [4.69, 9.17) is 4.74 Å². The first-order valence-corrected chi connectivity index (χ1v) is 9.20. The van der Waals surface area contributed by atoms with Crippen molar-refractivity contribution in [1.82, 2.24) is 5.32 Å². The summed E-state index contributed by atoms with van der Waals surface area (Å²) >= 11 is 3.46. The fourth-order valence-electron chi connectivity index (χ4n) is 3.24. The van der Waals surface area contributed by atoms with Crippen molar-refractivity contribution in [3.63, 3.8) is 0 Å². The molecule has 126 valence electrons. The molecule has 4 heteroatoms. The third-order valence-electron chi connectivity index (χ3n) is 4.75. The van der Waals surface area contributed by atoms with Crippen molar-refractivity contribution in [2.75, 3.05) is 6.61 Å². The van der Waals surface area contributed by atoms with Gasteiger partial charge in [0.15, 0.2) is 0 Å². The lowest BCUT2D eigenvalue weighted by Gasteiger charge is -2.40. The number of para-hydroxylation sites is 1. The van der Waals surface area contributed by atoms with Crippen molar-refractivity contribution >= 4 is 21.8 Å². The lowest BCUT2D eigenvalue weighted by atomic mass is 9.64. The molecule has 1 N–H and O–H groups in total. The Bertz CT molecular complexity index is 708. The molecule has 24 heavy (non-hydrogen) atoms. The average Bonchev–Trinajstić information content (AvgIpc) is 2.55. The van der Waals surface area contributed by atoms with Gasteiger partial charge in [0.25, 0.3) is 0 Å². The molecule has 0 saturated heterocycles. The highest BCUT2D eigenvalue weighted by molar-refractivity contribution is 9.10. The molecule has 1 aliphatic rings. The highest BCUT2D eigenvalue weighted by atomic mass is 79.9. The zero-order valence-corrected chi connectivity index (χ0v) is 15.4. The Balaban J connectivity index is 1.73. The second-order valence-corrected chi connectivity index (χ2v) is 7.08. The summed E-state index contributed by atoms with van der Waals surface area (Å²) in [5.41, 5.74) is 1.74. The molecule has 3 rings (SSSR count). The molecule has 1 aliphatic carbocycles. The van der Waals surface area contributed by atoms with Gasteiger partial charge >= 0.3 is 0 Å². The highest BCUT2D eigenvalue weighted by Gasteiger charge is 2.45. The van der Waals surface area contributed by atoms with E-state index in [0.717, 1.165) is 40.6 Å². The van der Waals surface area contributed by atoms with E-state index in [1.807, 2.05) is 43.3 Å². The van der Waals surface area contributed by atoms with Crippen molar-refractivity contribution in [3.05, 3.63) is 64.1 Å². The van der Waals surface area contributed by atoms with Crippen molar-refractivity contribution in [3.8, 4) is 5.75 Å². The van der Waals surface area contributed by atoms with Gasteiger partial charge in [-0.2, -0.15) is 0 Å². The van der Waals surface area contributed by atoms with Gasteiger partial charge in [-0.15, -0.1) is 0 Å².